The van der Waals surface area contributed by atoms with Gasteiger partial charge in [0.05, 0.1) is 7.11 Å². The molecule has 0 aliphatic carbocycles. The van der Waals surface area contributed by atoms with Crippen molar-refractivity contribution in [1.82, 2.24) is 10.3 Å². The Bertz CT molecular complexity index is 725. The molecule has 1 amide bonds. The molecule has 5 nitrogen and oxygen atoms in total. The predicted molar refractivity (Wildman–Crippen MR) is 104 cm³/mol. The van der Waals surface area contributed by atoms with E-state index in [0.29, 0.717) is 12.2 Å². The fourth-order valence-corrected chi connectivity index (χ4v) is 3.31. The van der Waals surface area contributed by atoms with Gasteiger partial charge in [-0.05, 0) is 49.1 Å². The fraction of sp³-hybridized carbons (Fsp3) is 0.429. The van der Waals surface area contributed by atoms with E-state index in [4.69, 9.17) is 4.74 Å². The number of carbonyl (C=O) groups is 1. The van der Waals surface area contributed by atoms with Crippen molar-refractivity contribution in [3.63, 3.8) is 0 Å². The molecule has 1 N–H and O–H groups in total. The number of hydrogen-bond donors (Lipinski definition) is 1. The minimum Gasteiger partial charge on any atom is -0.497 e. The number of rotatable bonds is 6. The quantitative estimate of drug-likeness (QED) is 0.864. The summed E-state index contributed by atoms with van der Waals surface area (Å²) in [5.74, 6) is 0.713. The number of pyridine rings is 1. The van der Waals surface area contributed by atoms with E-state index in [2.05, 4.69) is 15.2 Å². The molecular weight excluding hydrogens is 326 g/mol. The van der Waals surface area contributed by atoms with E-state index < -0.39 is 0 Å². The van der Waals surface area contributed by atoms with Gasteiger partial charge in [0.1, 0.15) is 11.4 Å². The van der Waals surface area contributed by atoms with Crippen LogP contribution in [-0.4, -0.2) is 37.6 Å². The molecule has 2 heterocycles. The number of hydrogen-bond acceptors (Lipinski definition) is 4. The van der Waals surface area contributed by atoms with Gasteiger partial charge in [-0.25, -0.2) is 0 Å². The number of aromatic nitrogens is 1. The van der Waals surface area contributed by atoms with Crippen LogP contribution in [0, 0.1) is 0 Å². The van der Waals surface area contributed by atoms with E-state index in [0.717, 1.165) is 36.5 Å². The van der Waals surface area contributed by atoms with E-state index >= 15 is 0 Å². The summed E-state index contributed by atoms with van der Waals surface area (Å²) in [5, 5.41) is 2.97. The van der Waals surface area contributed by atoms with Crippen LogP contribution in [0.5, 0.6) is 5.75 Å². The van der Waals surface area contributed by atoms with Crippen molar-refractivity contribution in [2.75, 3.05) is 31.6 Å². The molecule has 1 aliphatic rings. The Hall–Kier alpha value is -2.56. The Morgan fingerprint density at radius 1 is 1.15 bits per heavy atom. The average Bonchev–Trinajstić information content (AvgIpc) is 2.98. The van der Waals surface area contributed by atoms with Gasteiger partial charge in [0.15, 0.2) is 0 Å². The van der Waals surface area contributed by atoms with Crippen LogP contribution in [0.1, 0.15) is 41.7 Å². The lowest BCUT2D eigenvalue weighted by Crippen LogP contribution is -2.28. The first-order valence-corrected chi connectivity index (χ1v) is 9.38. The number of ether oxygens (including phenoxy) is 1. The highest BCUT2D eigenvalue weighted by Crippen LogP contribution is 2.19. The van der Waals surface area contributed by atoms with E-state index in [9.17, 15) is 4.79 Å². The third-order valence-electron chi connectivity index (χ3n) is 4.78. The monoisotopic (exact) mass is 353 g/mol. The van der Waals surface area contributed by atoms with Crippen molar-refractivity contribution in [2.24, 2.45) is 0 Å². The van der Waals surface area contributed by atoms with Gasteiger partial charge in [-0.15, -0.1) is 0 Å². The van der Waals surface area contributed by atoms with Crippen molar-refractivity contribution < 1.29 is 9.53 Å². The van der Waals surface area contributed by atoms with Crippen LogP contribution in [0.3, 0.4) is 0 Å². The molecule has 1 fully saturated rings. The highest BCUT2D eigenvalue weighted by atomic mass is 16.5. The summed E-state index contributed by atoms with van der Waals surface area (Å²) in [5.41, 5.74) is 2.72. The lowest BCUT2D eigenvalue weighted by atomic mass is 10.1. The Labute approximate surface area is 155 Å². The number of methoxy groups -OCH3 is 1. The van der Waals surface area contributed by atoms with Gasteiger partial charge in [-0.3, -0.25) is 9.78 Å². The fourth-order valence-electron chi connectivity index (χ4n) is 3.31. The number of anilines is 1. The summed E-state index contributed by atoms with van der Waals surface area (Å²) < 4.78 is 5.23. The maximum atomic E-state index is 12.4. The first-order chi connectivity index (χ1) is 12.8. The molecule has 1 aromatic carbocycles. The maximum Gasteiger partial charge on any atom is 0.269 e. The molecule has 0 radical (unpaired) electrons. The minimum absolute atomic E-state index is 0.121. The second kappa shape index (κ2) is 9.22. The first-order valence-electron chi connectivity index (χ1n) is 9.38. The zero-order valence-corrected chi connectivity index (χ0v) is 15.4. The van der Waals surface area contributed by atoms with E-state index in [1.807, 2.05) is 36.4 Å². The topological polar surface area (TPSA) is 54.5 Å². The van der Waals surface area contributed by atoms with Gasteiger partial charge in [0, 0.05) is 31.5 Å². The highest BCUT2D eigenvalue weighted by Gasteiger charge is 2.13. The molecule has 2 aromatic rings. The van der Waals surface area contributed by atoms with Gasteiger partial charge in [-0.2, -0.15) is 0 Å². The summed E-state index contributed by atoms with van der Waals surface area (Å²) >= 11 is 0. The van der Waals surface area contributed by atoms with E-state index in [1.54, 1.807) is 13.3 Å². The third kappa shape index (κ3) is 4.97. The summed E-state index contributed by atoms with van der Waals surface area (Å²) in [4.78, 5) is 19.1. The zero-order chi connectivity index (χ0) is 18.2. The summed E-state index contributed by atoms with van der Waals surface area (Å²) in [6.45, 7) is 2.68. The number of carbonyl (C=O) groups excluding carboxylic acids is 1. The standard InChI is InChI=1S/C21H27N3O2/c1-26-19-8-6-7-17(15-19)9-11-23-21(25)20-16-18(10-12-22-20)24-13-4-2-3-5-14-24/h6-8,10,12,15-16H,2-5,9,11,13-14H2,1H3,(H,23,25). The highest BCUT2D eigenvalue weighted by molar-refractivity contribution is 5.93. The molecule has 3 rings (SSSR count). The maximum absolute atomic E-state index is 12.4. The summed E-state index contributed by atoms with van der Waals surface area (Å²) in [6.07, 6.45) is 7.50. The van der Waals surface area contributed by atoms with E-state index in [1.165, 1.54) is 25.7 Å². The van der Waals surface area contributed by atoms with Crippen LogP contribution in [0.15, 0.2) is 42.6 Å². The molecular formula is C21H27N3O2. The molecule has 0 bridgehead atoms. The van der Waals surface area contributed by atoms with Crippen LogP contribution in [0.4, 0.5) is 5.69 Å². The average molecular weight is 353 g/mol. The Balaban J connectivity index is 1.56. The Morgan fingerprint density at radius 3 is 2.73 bits per heavy atom. The van der Waals surface area contributed by atoms with Gasteiger partial charge in [0.2, 0.25) is 0 Å². The molecule has 1 aliphatic heterocycles. The lowest BCUT2D eigenvalue weighted by molar-refractivity contribution is 0.0949. The van der Waals surface area contributed by atoms with Crippen molar-refractivity contribution in [2.45, 2.75) is 32.1 Å². The molecule has 1 aromatic heterocycles. The van der Waals surface area contributed by atoms with Crippen LogP contribution >= 0.6 is 0 Å². The molecule has 0 unspecified atom stereocenters. The molecule has 26 heavy (non-hydrogen) atoms. The molecule has 0 saturated carbocycles. The van der Waals surface area contributed by atoms with Gasteiger partial charge in [0.25, 0.3) is 5.91 Å². The largest absolute Gasteiger partial charge is 0.497 e. The van der Waals surface area contributed by atoms with Crippen LogP contribution in [0.2, 0.25) is 0 Å². The smallest absolute Gasteiger partial charge is 0.269 e. The summed E-state index contributed by atoms with van der Waals surface area (Å²) in [6, 6.07) is 11.8. The zero-order valence-electron chi connectivity index (χ0n) is 15.4. The number of nitrogens with zero attached hydrogens (tertiary/aromatic N) is 2. The van der Waals surface area contributed by atoms with Crippen molar-refractivity contribution in [3.8, 4) is 5.75 Å². The first kappa shape index (κ1) is 18.2. The summed E-state index contributed by atoms with van der Waals surface area (Å²) in [7, 11) is 1.66. The Morgan fingerprint density at radius 2 is 1.96 bits per heavy atom. The minimum atomic E-state index is -0.121. The van der Waals surface area contributed by atoms with Crippen molar-refractivity contribution >= 4 is 11.6 Å². The lowest BCUT2D eigenvalue weighted by Gasteiger charge is -2.22. The van der Waals surface area contributed by atoms with Gasteiger partial charge in [-0.1, -0.05) is 25.0 Å². The molecule has 1 saturated heterocycles. The normalized spacial score (nSPS) is 14.6. The van der Waals surface area contributed by atoms with Gasteiger partial charge >= 0.3 is 0 Å². The Kier molecular flexibility index (Phi) is 6.47. The molecule has 0 atom stereocenters. The number of amides is 1. The molecule has 0 spiro atoms. The van der Waals surface area contributed by atoms with E-state index in [-0.39, 0.29) is 5.91 Å². The van der Waals surface area contributed by atoms with Crippen molar-refractivity contribution in [3.05, 3.63) is 53.9 Å². The molecule has 138 valence electrons. The van der Waals surface area contributed by atoms with Gasteiger partial charge < -0.3 is 15.0 Å². The third-order valence-corrected chi connectivity index (χ3v) is 4.78. The predicted octanol–water partition coefficient (Wildman–Crippen LogP) is 3.44. The van der Waals surface area contributed by atoms with Crippen molar-refractivity contribution in [1.29, 1.82) is 0 Å². The van der Waals surface area contributed by atoms with Crippen LogP contribution < -0.4 is 15.0 Å². The number of nitrogens with one attached hydrogen (secondary N) is 1. The molecule has 5 heteroatoms. The van der Waals surface area contributed by atoms with Crippen LogP contribution in [-0.2, 0) is 6.42 Å². The second-order valence-corrected chi connectivity index (χ2v) is 6.66. The van der Waals surface area contributed by atoms with Crippen LogP contribution in [0.25, 0.3) is 0 Å². The second-order valence-electron chi connectivity index (χ2n) is 6.66. The SMILES string of the molecule is COc1cccc(CCNC(=O)c2cc(N3CCCCCC3)ccn2)c1. The number of benzene rings is 1.